The summed E-state index contributed by atoms with van der Waals surface area (Å²) in [6, 6.07) is 8.83. The molecule has 0 N–H and O–H groups in total. The molecule has 20 heavy (non-hydrogen) atoms. The van der Waals surface area contributed by atoms with Crippen molar-refractivity contribution in [3.05, 3.63) is 76.3 Å². The lowest BCUT2D eigenvalue weighted by Gasteiger charge is -2.22. The molecule has 0 fully saturated rings. The second kappa shape index (κ2) is 4.46. The number of rotatable bonds is 1. The molecule has 1 aromatic carbocycles. The summed E-state index contributed by atoms with van der Waals surface area (Å²) in [6.07, 6.45) is 14.0. The highest BCUT2D eigenvalue weighted by Crippen LogP contribution is 2.53. The lowest BCUT2D eigenvalue weighted by molar-refractivity contribution is 0.901. The van der Waals surface area contributed by atoms with Gasteiger partial charge in [-0.1, -0.05) is 54.6 Å². The number of allylic oxidation sites excluding steroid dienone is 5. The fourth-order valence-corrected chi connectivity index (χ4v) is 6.16. The van der Waals surface area contributed by atoms with E-state index in [9.17, 15) is 0 Å². The summed E-state index contributed by atoms with van der Waals surface area (Å²) in [4.78, 5) is 3.10. The van der Waals surface area contributed by atoms with Crippen molar-refractivity contribution < 1.29 is 0 Å². The molecule has 3 unspecified atom stereocenters. The molecule has 1 aromatic rings. The van der Waals surface area contributed by atoms with Gasteiger partial charge in [0.05, 0.1) is 0 Å². The van der Waals surface area contributed by atoms with E-state index in [0.717, 1.165) is 0 Å². The molecule has 0 saturated carbocycles. The van der Waals surface area contributed by atoms with E-state index in [0.29, 0.717) is 11.2 Å². The van der Waals surface area contributed by atoms with Crippen LogP contribution in [0.3, 0.4) is 0 Å². The summed E-state index contributed by atoms with van der Waals surface area (Å²) in [5, 5.41) is 0.603. The third kappa shape index (κ3) is 1.66. The summed E-state index contributed by atoms with van der Waals surface area (Å²) in [5.74, 6) is 0.539. The second-order valence-electron chi connectivity index (χ2n) is 5.74. The van der Waals surface area contributed by atoms with Gasteiger partial charge in [-0.05, 0) is 41.5 Å². The Morgan fingerprint density at radius 2 is 1.95 bits per heavy atom. The third-order valence-corrected chi connectivity index (χ3v) is 6.99. The van der Waals surface area contributed by atoms with Crippen molar-refractivity contribution in [2.24, 2.45) is 0 Å². The Balaban J connectivity index is 1.83. The highest BCUT2D eigenvalue weighted by atomic mass is 32.2. The van der Waals surface area contributed by atoms with Crippen molar-refractivity contribution in [2.45, 2.75) is 25.0 Å². The standard InChI is InChI=1S/C19H18S/c1-13(2)20-18-9-5-7-15(18)12-19(20)17-11-10-14-6-3-4-8-16(14)17/h3-12,17,19H,1-2H3. The fourth-order valence-electron chi connectivity index (χ4n) is 3.45. The molecule has 1 heteroatoms. The quantitative estimate of drug-likeness (QED) is 0.631. The third-order valence-electron chi connectivity index (χ3n) is 4.29. The van der Waals surface area contributed by atoms with Crippen molar-refractivity contribution in [3.63, 3.8) is 0 Å². The predicted octanol–water partition coefficient (Wildman–Crippen LogP) is 5.04. The van der Waals surface area contributed by atoms with Crippen molar-refractivity contribution in [2.75, 3.05) is 0 Å². The molecule has 2 aliphatic carbocycles. The van der Waals surface area contributed by atoms with Gasteiger partial charge in [-0.25, -0.2) is 0 Å². The molecular formula is C19H18S. The Hall–Kier alpha value is -1.60. The molecule has 0 nitrogen and oxygen atoms in total. The molecule has 1 heterocycles. The van der Waals surface area contributed by atoms with Crippen LogP contribution in [0.25, 0.3) is 6.08 Å². The molecule has 100 valence electrons. The van der Waals surface area contributed by atoms with Gasteiger partial charge in [0.25, 0.3) is 0 Å². The van der Waals surface area contributed by atoms with E-state index in [1.807, 2.05) is 0 Å². The maximum absolute atomic E-state index is 2.50. The molecule has 0 spiro atoms. The minimum absolute atomic E-state index is 0.252. The Labute approximate surface area is 123 Å². The van der Waals surface area contributed by atoms with Gasteiger partial charge in [-0.15, -0.1) is 10.5 Å². The van der Waals surface area contributed by atoms with E-state index in [-0.39, 0.29) is 10.5 Å². The van der Waals surface area contributed by atoms with E-state index in [1.54, 1.807) is 9.77 Å². The van der Waals surface area contributed by atoms with Crippen LogP contribution in [0.5, 0.6) is 0 Å². The van der Waals surface area contributed by atoms with Crippen LogP contribution in [-0.4, -0.2) is 10.1 Å². The highest BCUT2D eigenvalue weighted by Gasteiger charge is 2.34. The summed E-state index contributed by atoms with van der Waals surface area (Å²) in [7, 11) is 0.252. The molecule has 0 saturated heterocycles. The zero-order valence-electron chi connectivity index (χ0n) is 11.8. The van der Waals surface area contributed by atoms with Gasteiger partial charge in [0, 0.05) is 16.1 Å². The number of hydrogen-bond donors (Lipinski definition) is 0. The van der Waals surface area contributed by atoms with Crippen LogP contribution >= 0.6 is 10.5 Å². The van der Waals surface area contributed by atoms with Crippen LogP contribution in [0.2, 0.25) is 0 Å². The van der Waals surface area contributed by atoms with E-state index in [1.165, 1.54) is 16.7 Å². The molecule has 1 aliphatic heterocycles. The smallest absolute Gasteiger partial charge is 0.0333 e. The van der Waals surface area contributed by atoms with Gasteiger partial charge in [-0.2, -0.15) is 0 Å². The Morgan fingerprint density at radius 3 is 2.80 bits per heavy atom. The lowest BCUT2D eigenvalue weighted by atomic mass is 9.96. The fraction of sp³-hybridized carbons (Fsp3) is 0.211. The Bertz CT molecular complexity index is 737. The monoisotopic (exact) mass is 278 g/mol. The number of fused-ring (bicyclic) bond motifs is 2. The first-order valence-corrected chi connectivity index (χ1v) is 8.45. The van der Waals surface area contributed by atoms with Gasteiger partial charge in [0.15, 0.2) is 0 Å². The van der Waals surface area contributed by atoms with E-state index < -0.39 is 0 Å². The average Bonchev–Trinajstić information content (AvgIpc) is 3.10. The molecule has 3 atom stereocenters. The topological polar surface area (TPSA) is 0 Å². The minimum atomic E-state index is 0.252. The predicted molar refractivity (Wildman–Crippen MR) is 91.3 cm³/mol. The Kier molecular flexibility index (Phi) is 2.71. The number of benzene rings is 1. The molecule has 0 radical (unpaired) electrons. The normalized spacial score (nSPS) is 29.2. The SMILES string of the molecule is CC(C)=S1C2=CC=CC2=CC1C1C=Cc2ccccc21. The van der Waals surface area contributed by atoms with Crippen molar-refractivity contribution in [3.8, 4) is 0 Å². The first-order valence-electron chi connectivity index (χ1n) is 7.16. The maximum atomic E-state index is 2.50. The van der Waals surface area contributed by atoms with Crippen molar-refractivity contribution in [1.82, 2.24) is 0 Å². The molecule has 0 aromatic heterocycles. The van der Waals surface area contributed by atoms with E-state index in [4.69, 9.17) is 0 Å². The maximum Gasteiger partial charge on any atom is 0.0333 e. The highest BCUT2D eigenvalue weighted by molar-refractivity contribution is 8.20. The molecule has 0 bridgehead atoms. The first kappa shape index (κ1) is 12.2. The zero-order valence-corrected chi connectivity index (χ0v) is 12.7. The van der Waals surface area contributed by atoms with Crippen LogP contribution in [0.15, 0.2) is 65.1 Å². The van der Waals surface area contributed by atoms with E-state index in [2.05, 4.69) is 74.6 Å². The van der Waals surface area contributed by atoms with Crippen LogP contribution in [0, 0.1) is 0 Å². The van der Waals surface area contributed by atoms with Crippen LogP contribution < -0.4 is 0 Å². The number of hydrogen-bond acceptors (Lipinski definition) is 0. The summed E-state index contributed by atoms with van der Waals surface area (Å²) < 4.78 is 0. The molecule has 4 rings (SSSR count). The molecule has 0 amide bonds. The van der Waals surface area contributed by atoms with Crippen LogP contribution in [0.4, 0.5) is 0 Å². The van der Waals surface area contributed by atoms with Gasteiger partial charge in [-0.3, -0.25) is 0 Å². The van der Waals surface area contributed by atoms with Gasteiger partial charge < -0.3 is 0 Å². The first-order chi connectivity index (χ1) is 9.75. The second-order valence-corrected chi connectivity index (χ2v) is 8.21. The summed E-state index contributed by atoms with van der Waals surface area (Å²) in [5.41, 5.74) is 4.35. The van der Waals surface area contributed by atoms with Gasteiger partial charge >= 0.3 is 0 Å². The molecular weight excluding hydrogens is 260 g/mol. The molecule has 3 aliphatic rings. The Morgan fingerprint density at radius 1 is 1.10 bits per heavy atom. The average molecular weight is 278 g/mol. The van der Waals surface area contributed by atoms with Crippen molar-refractivity contribution in [1.29, 1.82) is 0 Å². The lowest BCUT2D eigenvalue weighted by Crippen LogP contribution is -2.11. The van der Waals surface area contributed by atoms with Crippen LogP contribution in [0.1, 0.15) is 30.9 Å². The largest absolute Gasteiger partial charge is 0.147 e. The summed E-state index contributed by atoms with van der Waals surface area (Å²) in [6.45, 7) is 4.58. The van der Waals surface area contributed by atoms with Gasteiger partial charge in [0.2, 0.25) is 0 Å². The summed E-state index contributed by atoms with van der Waals surface area (Å²) >= 11 is 0. The van der Waals surface area contributed by atoms with Crippen LogP contribution in [-0.2, 0) is 0 Å². The minimum Gasteiger partial charge on any atom is -0.147 e. The van der Waals surface area contributed by atoms with E-state index >= 15 is 0 Å². The zero-order chi connectivity index (χ0) is 13.7. The van der Waals surface area contributed by atoms with Crippen molar-refractivity contribution >= 4 is 21.4 Å². The van der Waals surface area contributed by atoms with Gasteiger partial charge in [0.1, 0.15) is 0 Å².